The summed E-state index contributed by atoms with van der Waals surface area (Å²) in [5.74, 6) is -25.5. The number of aliphatic hydroxyl groups excluding tert-OH is 11. The van der Waals surface area contributed by atoms with Crippen LogP contribution in [0, 0.1) is 5.92 Å². The summed E-state index contributed by atoms with van der Waals surface area (Å²) in [7, 11) is 0. The Morgan fingerprint density at radius 1 is 0.567 bits per heavy atom. The number of phenols is 2. The molecule has 2 aromatic rings. The van der Waals surface area contributed by atoms with Gasteiger partial charge in [-0.3, -0.25) is 24.0 Å². The first-order valence-corrected chi connectivity index (χ1v) is 19.9. The minimum atomic E-state index is -4.10. The summed E-state index contributed by atoms with van der Waals surface area (Å²) in [6.07, 6.45) is -20.1. The molecule has 2 aromatic carbocycles. The molecule has 0 amide bonds. The molecule has 2 aliphatic heterocycles. The first-order valence-electron chi connectivity index (χ1n) is 19.9. The van der Waals surface area contributed by atoms with E-state index in [0.717, 1.165) is 18.2 Å². The lowest BCUT2D eigenvalue weighted by Gasteiger charge is -2.43. The van der Waals surface area contributed by atoms with Gasteiger partial charge in [-0.25, -0.2) is 0 Å². The Labute approximate surface area is 376 Å². The van der Waals surface area contributed by atoms with E-state index in [1.165, 1.54) is 48.5 Å². The molecule has 2 aliphatic carbocycles. The van der Waals surface area contributed by atoms with Crippen LogP contribution in [0.4, 0.5) is 0 Å². The van der Waals surface area contributed by atoms with E-state index in [9.17, 15) is 101 Å². The molecule has 0 aromatic heterocycles. The molecular weight excluding hydrogens is 900 g/mol. The second-order valence-electron chi connectivity index (χ2n) is 15.6. The van der Waals surface area contributed by atoms with E-state index in [4.69, 9.17) is 18.9 Å². The van der Waals surface area contributed by atoms with Gasteiger partial charge in [-0.1, -0.05) is 36.4 Å². The van der Waals surface area contributed by atoms with Crippen LogP contribution in [-0.4, -0.2) is 192 Å². The van der Waals surface area contributed by atoms with Crippen molar-refractivity contribution in [3.8, 4) is 11.5 Å². The first kappa shape index (κ1) is 50.3. The summed E-state index contributed by atoms with van der Waals surface area (Å²) < 4.78 is 20.8. The van der Waals surface area contributed by atoms with Crippen LogP contribution < -0.4 is 0 Å². The van der Waals surface area contributed by atoms with Crippen LogP contribution >= 0.6 is 0 Å². The summed E-state index contributed by atoms with van der Waals surface area (Å²) in [6.45, 7) is -2.17. The molecule has 6 rings (SSSR count). The summed E-state index contributed by atoms with van der Waals surface area (Å²) in [6, 6.07) is 10.1. The second kappa shape index (κ2) is 19.6. The number of aliphatic hydroxyl groups is 13. The zero-order valence-corrected chi connectivity index (χ0v) is 34.3. The number of ether oxygens (including phenoxy) is 4. The highest BCUT2D eigenvalue weighted by Crippen LogP contribution is 2.42. The Kier molecular flexibility index (Phi) is 14.8. The van der Waals surface area contributed by atoms with Crippen LogP contribution in [0.1, 0.15) is 17.5 Å². The Morgan fingerprint density at radius 3 is 1.40 bits per heavy atom. The fourth-order valence-electron chi connectivity index (χ4n) is 7.40. The number of carbonyl (C=O) groups excluding carboxylic acids is 5. The fraction of sp³-hybridized carbons (Fsp3) is 0.372. The maximum Gasteiger partial charge on any atom is 0.299 e. The van der Waals surface area contributed by atoms with E-state index >= 15 is 0 Å². The van der Waals surface area contributed by atoms with Crippen molar-refractivity contribution in [2.24, 2.45) is 5.92 Å². The minimum Gasteiger partial charge on any atom is -0.508 e. The van der Waals surface area contributed by atoms with Gasteiger partial charge < -0.3 is 95.5 Å². The molecule has 3 fully saturated rings. The SMILES string of the molecule is O=C1C(=C(O)/C=C/c2ccc(O)cc2)C(=O)[C@](O)(O[C@@H]2O[C@H](CO)[C@@H](O)[C@H](O)[C@H]2O)C(=O)[C@H]1CC1=C(O)C(=C(O)/C=C/c2ccc(O)cc2)C(=O)[C@@](O)(O[C@@H]2O[C@H](CO)[C@@H](O)[C@H](O)[C@H]2O)C1=O. The summed E-state index contributed by atoms with van der Waals surface area (Å²) in [5.41, 5.74) is -3.85. The van der Waals surface area contributed by atoms with Gasteiger partial charge in [-0.2, -0.15) is 0 Å². The molecule has 0 unspecified atom stereocenters. The molecular formula is C43H44O24. The molecule has 0 radical (unpaired) electrons. The Hall–Kier alpha value is -6.07. The zero-order valence-electron chi connectivity index (χ0n) is 34.3. The maximum atomic E-state index is 14.4. The predicted molar refractivity (Wildman–Crippen MR) is 216 cm³/mol. The molecule has 360 valence electrons. The van der Waals surface area contributed by atoms with Crippen molar-refractivity contribution in [1.82, 2.24) is 0 Å². The third-order valence-electron chi connectivity index (χ3n) is 11.2. The number of phenolic OH excluding ortho intramolecular Hbond substituents is 2. The molecule has 0 bridgehead atoms. The third kappa shape index (κ3) is 9.44. The standard InChI is InChI=1S/C43H44O24/c44-14-24-30(52)32(54)34(56)40(64-24)66-42(62)36(58)20(28(50)26(38(42)60)22(48)11-5-16-1-7-18(46)8-2-16)13-21-29(51)27(23(49)12-6-17-3-9-19(47)10-4-17)39(61)43(63,37(21)59)67-41-35(57)33(55)31(53)25(15-45)65-41/h1-12,20,24-25,30-35,40-41,44-49,51-57,62-63H,13-15H2/b11-5+,12-6+,26-22?,27-23?/t20-,24+,25+,30+,31+,32-,33-,34+,35+,40-,41-,42+,43-/m0/s1. The van der Waals surface area contributed by atoms with E-state index in [-0.39, 0.29) is 22.6 Å². The molecule has 4 aliphatic rings. The number of benzene rings is 2. The quantitative estimate of drug-likeness (QED) is 0.0318. The number of allylic oxidation sites excluding steroid dienone is 3. The molecule has 24 nitrogen and oxygen atoms in total. The highest BCUT2D eigenvalue weighted by Gasteiger charge is 2.64. The molecule has 13 atom stereocenters. The smallest absolute Gasteiger partial charge is 0.299 e. The summed E-state index contributed by atoms with van der Waals surface area (Å²) in [5, 5.41) is 159. The number of hydrogen-bond donors (Lipinski definition) is 15. The van der Waals surface area contributed by atoms with Crippen molar-refractivity contribution < 1.29 is 120 Å². The molecule has 2 saturated heterocycles. The maximum absolute atomic E-state index is 14.4. The second-order valence-corrected chi connectivity index (χ2v) is 15.6. The van der Waals surface area contributed by atoms with Crippen molar-refractivity contribution in [2.75, 3.05) is 13.2 Å². The molecule has 67 heavy (non-hydrogen) atoms. The van der Waals surface area contributed by atoms with Gasteiger partial charge in [0.15, 0.2) is 18.4 Å². The Balaban J connectivity index is 1.50. The normalized spacial score (nSPS) is 35.8. The van der Waals surface area contributed by atoms with Crippen molar-refractivity contribution in [2.45, 2.75) is 79.4 Å². The van der Waals surface area contributed by atoms with Gasteiger partial charge >= 0.3 is 0 Å². The van der Waals surface area contributed by atoms with E-state index in [2.05, 4.69) is 0 Å². The predicted octanol–water partition coefficient (Wildman–Crippen LogP) is -3.85. The number of aromatic hydroxyl groups is 2. The number of Topliss-reactive ketones (excluding diaryl/α,β-unsaturated/α-hetero) is 5. The van der Waals surface area contributed by atoms with Crippen molar-refractivity contribution in [1.29, 1.82) is 0 Å². The minimum absolute atomic E-state index is 0.181. The summed E-state index contributed by atoms with van der Waals surface area (Å²) in [4.78, 5) is 71.2. The van der Waals surface area contributed by atoms with Gasteiger partial charge in [0, 0.05) is 5.57 Å². The first-order chi connectivity index (χ1) is 31.5. The van der Waals surface area contributed by atoms with E-state index in [1.54, 1.807) is 0 Å². The number of ketones is 5. The van der Waals surface area contributed by atoms with Crippen LogP contribution in [0.3, 0.4) is 0 Å². The lowest BCUT2D eigenvalue weighted by Crippen LogP contribution is -2.66. The van der Waals surface area contributed by atoms with E-state index in [1.807, 2.05) is 0 Å². The van der Waals surface area contributed by atoms with Crippen molar-refractivity contribution in [3.05, 3.63) is 106 Å². The topological polar surface area (TPSA) is 426 Å². The highest BCUT2D eigenvalue weighted by atomic mass is 16.8. The Morgan fingerprint density at radius 2 is 0.970 bits per heavy atom. The molecule has 24 heteroatoms. The Bertz CT molecular complexity index is 2430. The largest absolute Gasteiger partial charge is 0.508 e. The van der Waals surface area contributed by atoms with Crippen molar-refractivity contribution >= 4 is 41.1 Å². The van der Waals surface area contributed by atoms with Crippen LogP contribution in [-0.2, 0) is 42.9 Å². The molecule has 0 spiro atoms. The number of hydrogen-bond acceptors (Lipinski definition) is 24. The van der Waals surface area contributed by atoms with Gasteiger partial charge in [0.2, 0.25) is 23.1 Å². The zero-order chi connectivity index (χ0) is 49.4. The van der Waals surface area contributed by atoms with Gasteiger partial charge in [0.25, 0.3) is 11.6 Å². The van der Waals surface area contributed by atoms with Gasteiger partial charge in [0.05, 0.1) is 19.1 Å². The molecule has 1 saturated carbocycles. The number of rotatable bonds is 12. The molecule has 2 heterocycles. The van der Waals surface area contributed by atoms with E-state index in [0.29, 0.717) is 6.08 Å². The average Bonchev–Trinajstić information content (AvgIpc) is 3.30. The van der Waals surface area contributed by atoms with Crippen LogP contribution in [0.2, 0.25) is 0 Å². The van der Waals surface area contributed by atoms with Gasteiger partial charge in [-0.15, -0.1) is 0 Å². The van der Waals surface area contributed by atoms with Gasteiger partial charge in [-0.05, 0) is 54.0 Å². The lowest BCUT2D eigenvalue weighted by molar-refractivity contribution is -0.343. The van der Waals surface area contributed by atoms with Crippen LogP contribution in [0.25, 0.3) is 12.2 Å². The number of carbonyl (C=O) groups is 5. The lowest BCUT2D eigenvalue weighted by atomic mass is 9.72. The third-order valence-corrected chi connectivity index (χ3v) is 11.2. The van der Waals surface area contributed by atoms with Gasteiger partial charge in [0.1, 0.15) is 88.8 Å². The molecule has 15 N–H and O–H groups in total. The fourth-order valence-corrected chi connectivity index (χ4v) is 7.40. The van der Waals surface area contributed by atoms with Crippen LogP contribution in [0.15, 0.2) is 94.7 Å². The average molecular weight is 945 g/mol. The summed E-state index contributed by atoms with van der Waals surface area (Å²) >= 11 is 0. The monoisotopic (exact) mass is 944 g/mol. The highest BCUT2D eigenvalue weighted by molar-refractivity contribution is 6.38. The van der Waals surface area contributed by atoms with Crippen LogP contribution in [0.5, 0.6) is 11.5 Å². The van der Waals surface area contributed by atoms with E-state index < -0.39 is 161 Å². The van der Waals surface area contributed by atoms with Crippen molar-refractivity contribution in [3.63, 3.8) is 0 Å².